The van der Waals surface area contributed by atoms with Crippen molar-refractivity contribution in [2.24, 2.45) is 0 Å². The molecule has 0 spiro atoms. The summed E-state index contributed by atoms with van der Waals surface area (Å²) < 4.78 is 10.3. The first-order valence-corrected chi connectivity index (χ1v) is 10.0. The van der Waals surface area contributed by atoms with Crippen LogP contribution in [-0.2, 0) is 9.47 Å². The Hall–Kier alpha value is -2.44. The highest BCUT2D eigenvalue weighted by atomic mass is 32.1. The van der Waals surface area contributed by atoms with Crippen LogP contribution >= 0.6 is 22.7 Å². The minimum Gasteiger partial charge on any atom is -0.462 e. The number of ether oxygens (including phenoxy) is 2. The smallest absolute Gasteiger partial charge is 0.339 e. The molecule has 4 nitrogen and oxygen atoms in total. The molecule has 0 saturated carbocycles. The zero-order valence-corrected chi connectivity index (χ0v) is 16.1. The minimum absolute atomic E-state index is 0.231. The molecule has 0 fully saturated rings. The summed E-state index contributed by atoms with van der Waals surface area (Å²) in [6.45, 7) is 3.95. The third kappa shape index (κ3) is 3.71. The Morgan fingerprint density at radius 3 is 1.54 bits per heavy atom. The molecule has 0 amide bonds. The van der Waals surface area contributed by atoms with E-state index in [4.69, 9.17) is 9.47 Å². The minimum atomic E-state index is -0.522. The van der Waals surface area contributed by atoms with E-state index in [9.17, 15) is 9.59 Å². The van der Waals surface area contributed by atoms with Gasteiger partial charge in [0, 0.05) is 20.9 Å². The van der Waals surface area contributed by atoms with E-state index in [1.54, 1.807) is 48.7 Å². The lowest BCUT2D eigenvalue weighted by molar-refractivity contribution is 0.0479. The van der Waals surface area contributed by atoms with Crippen molar-refractivity contribution in [2.45, 2.75) is 13.8 Å². The zero-order valence-electron chi connectivity index (χ0n) is 14.5. The third-order valence-electron chi connectivity index (χ3n) is 3.72. The van der Waals surface area contributed by atoms with E-state index in [1.165, 1.54) is 0 Å². The molecule has 2 aromatic heterocycles. The Morgan fingerprint density at radius 1 is 0.808 bits per heavy atom. The average molecular weight is 386 g/mol. The summed E-state index contributed by atoms with van der Waals surface area (Å²) in [4.78, 5) is 27.0. The number of rotatable bonds is 6. The number of hydrogen-bond donors (Lipinski definition) is 0. The molecule has 3 aromatic rings. The van der Waals surface area contributed by atoms with Crippen molar-refractivity contribution in [1.82, 2.24) is 0 Å². The topological polar surface area (TPSA) is 52.6 Å². The van der Waals surface area contributed by atoms with Crippen molar-refractivity contribution in [2.75, 3.05) is 13.2 Å². The Balaban J connectivity index is 2.25. The van der Waals surface area contributed by atoms with Crippen molar-refractivity contribution in [3.8, 4) is 20.9 Å². The predicted molar refractivity (Wildman–Crippen MR) is 105 cm³/mol. The van der Waals surface area contributed by atoms with Gasteiger partial charge in [0.15, 0.2) is 0 Å². The van der Waals surface area contributed by atoms with Gasteiger partial charge in [0.1, 0.15) is 0 Å². The molecule has 2 heterocycles. The fourth-order valence-corrected chi connectivity index (χ4v) is 4.14. The van der Waals surface area contributed by atoms with Crippen molar-refractivity contribution in [1.29, 1.82) is 0 Å². The summed E-state index contributed by atoms with van der Waals surface area (Å²) in [7, 11) is 0. The van der Waals surface area contributed by atoms with Crippen LogP contribution in [-0.4, -0.2) is 25.2 Å². The predicted octanol–water partition coefficient (Wildman–Crippen LogP) is 5.50. The molecule has 3 rings (SSSR count). The number of esters is 2. The number of carbonyl (C=O) groups is 2. The summed E-state index contributed by atoms with van der Waals surface area (Å²) in [6, 6.07) is 11.4. The first-order chi connectivity index (χ1) is 12.7. The van der Waals surface area contributed by atoms with E-state index in [0.29, 0.717) is 0 Å². The first-order valence-electron chi connectivity index (χ1n) is 8.25. The van der Waals surface area contributed by atoms with Crippen molar-refractivity contribution in [3.05, 3.63) is 58.3 Å². The fraction of sp³-hybridized carbons (Fsp3) is 0.200. The van der Waals surface area contributed by atoms with Crippen molar-refractivity contribution in [3.63, 3.8) is 0 Å². The third-order valence-corrected chi connectivity index (χ3v) is 5.53. The van der Waals surface area contributed by atoms with Crippen molar-refractivity contribution < 1.29 is 19.1 Å². The zero-order chi connectivity index (χ0) is 18.5. The van der Waals surface area contributed by atoms with Gasteiger partial charge >= 0.3 is 11.9 Å². The molecule has 0 aliphatic carbocycles. The van der Waals surface area contributed by atoms with E-state index < -0.39 is 11.9 Å². The quantitative estimate of drug-likeness (QED) is 0.525. The summed E-state index contributed by atoms with van der Waals surface area (Å²) >= 11 is 3.16. The SMILES string of the molecule is CCOC(=O)c1cc(-c2cccs2)c(-c2cccs2)cc1C(=O)OCC. The van der Waals surface area contributed by atoms with Crippen LogP contribution in [0.3, 0.4) is 0 Å². The molecule has 26 heavy (non-hydrogen) atoms. The first kappa shape index (κ1) is 18.4. The normalized spacial score (nSPS) is 10.5. The van der Waals surface area contributed by atoms with Crippen LogP contribution in [0.4, 0.5) is 0 Å². The largest absolute Gasteiger partial charge is 0.462 e. The monoisotopic (exact) mass is 386 g/mol. The van der Waals surface area contributed by atoms with Crippen LogP contribution in [0.1, 0.15) is 34.6 Å². The van der Waals surface area contributed by atoms with Gasteiger partial charge in [-0.3, -0.25) is 0 Å². The summed E-state index contributed by atoms with van der Waals surface area (Å²) in [5.74, 6) is -1.04. The maximum Gasteiger partial charge on any atom is 0.339 e. The standard InChI is InChI=1S/C20H18O4S2/c1-3-23-19(21)15-11-13(17-7-5-9-25-17)14(18-8-6-10-26-18)12-16(15)20(22)24-4-2/h5-12H,3-4H2,1-2H3. The van der Waals surface area contributed by atoms with Crippen LogP contribution in [0.2, 0.25) is 0 Å². The van der Waals surface area contributed by atoms with E-state index in [2.05, 4.69) is 0 Å². The second-order valence-electron chi connectivity index (χ2n) is 5.34. The Morgan fingerprint density at radius 2 is 1.23 bits per heavy atom. The van der Waals surface area contributed by atoms with Gasteiger partial charge in [-0.1, -0.05) is 12.1 Å². The van der Waals surface area contributed by atoms with Crippen molar-refractivity contribution >= 4 is 34.6 Å². The summed E-state index contributed by atoms with van der Waals surface area (Å²) in [5.41, 5.74) is 2.26. The average Bonchev–Trinajstić information content (AvgIpc) is 3.34. The van der Waals surface area contributed by atoms with Crippen LogP contribution in [0.15, 0.2) is 47.2 Å². The van der Waals surface area contributed by atoms with Gasteiger partial charge in [-0.15, -0.1) is 22.7 Å². The van der Waals surface area contributed by atoms with E-state index in [-0.39, 0.29) is 24.3 Å². The highest BCUT2D eigenvalue weighted by Crippen LogP contribution is 2.39. The lowest BCUT2D eigenvalue weighted by Gasteiger charge is -2.14. The number of thiophene rings is 2. The summed E-state index contributed by atoms with van der Waals surface area (Å²) in [6.07, 6.45) is 0. The lowest BCUT2D eigenvalue weighted by Crippen LogP contribution is -2.14. The number of hydrogen-bond acceptors (Lipinski definition) is 6. The maximum atomic E-state index is 12.5. The molecule has 0 aliphatic rings. The summed E-state index contributed by atoms with van der Waals surface area (Å²) in [5, 5.41) is 3.97. The lowest BCUT2D eigenvalue weighted by atomic mass is 9.96. The van der Waals surface area contributed by atoms with Crippen LogP contribution in [0.25, 0.3) is 20.9 Å². The Labute approximate surface area is 160 Å². The van der Waals surface area contributed by atoms with Gasteiger partial charge in [-0.2, -0.15) is 0 Å². The van der Waals surface area contributed by atoms with Gasteiger partial charge < -0.3 is 9.47 Å². The molecule has 0 radical (unpaired) electrons. The van der Waals surface area contributed by atoms with E-state index >= 15 is 0 Å². The van der Waals surface area contributed by atoms with Crippen LogP contribution in [0.5, 0.6) is 0 Å². The molecule has 1 aromatic carbocycles. The molecule has 0 atom stereocenters. The number of carbonyl (C=O) groups excluding carboxylic acids is 2. The molecule has 0 N–H and O–H groups in total. The molecule has 0 saturated heterocycles. The Kier molecular flexibility index (Phi) is 5.85. The van der Waals surface area contributed by atoms with Gasteiger partial charge in [0.25, 0.3) is 0 Å². The maximum absolute atomic E-state index is 12.5. The second kappa shape index (κ2) is 8.29. The van der Waals surface area contributed by atoms with E-state index in [0.717, 1.165) is 20.9 Å². The van der Waals surface area contributed by atoms with Gasteiger partial charge in [-0.05, 0) is 48.9 Å². The highest BCUT2D eigenvalue weighted by molar-refractivity contribution is 7.14. The molecule has 0 aliphatic heterocycles. The molecular weight excluding hydrogens is 368 g/mol. The Bertz CT molecular complexity index is 821. The van der Waals surface area contributed by atoms with Gasteiger partial charge in [0.2, 0.25) is 0 Å². The molecular formula is C20H18O4S2. The molecule has 0 unspecified atom stereocenters. The fourth-order valence-electron chi connectivity index (χ4n) is 2.63. The molecule has 0 bridgehead atoms. The van der Waals surface area contributed by atoms with Gasteiger partial charge in [0.05, 0.1) is 24.3 Å². The molecule has 6 heteroatoms. The van der Waals surface area contributed by atoms with Gasteiger partial charge in [-0.25, -0.2) is 9.59 Å². The molecule has 134 valence electrons. The highest BCUT2D eigenvalue weighted by Gasteiger charge is 2.24. The van der Waals surface area contributed by atoms with Crippen LogP contribution < -0.4 is 0 Å². The second-order valence-corrected chi connectivity index (χ2v) is 7.23. The number of benzene rings is 1. The van der Waals surface area contributed by atoms with Crippen LogP contribution in [0, 0.1) is 0 Å². The van der Waals surface area contributed by atoms with E-state index in [1.807, 2.05) is 35.0 Å².